The number of halogens is 2. The number of benzene rings is 2. The van der Waals surface area contributed by atoms with E-state index in [9.17, 15) is 10.2 Å². The van der Waals surface area contributed by atoms with Crippen molar-refractivity contribution < 1.29 is 27.3 Å². The van der Waals surface area contributed by atoms with Crippen LogP contribution in [0.4, 0.5) is 0 Å². The Morgan fingerprint density at radius 3 is 1.00 bits per heavy atom. The molecule has 5 heteroatoms. The Labute approximate surface area is 120 Å². The minimum absolute atomic E-state index is 0. The van der Waals surface area contributed by atoms with Gasteiger partial charge in [0.25, 0.3) is 0 Å². The monoisotopic (exact) mass is 317 g/mol. The fourth-order valence-electron chi connectivity index (χ4n) is 0.869. The Hall–Kier alpha value is -0.861. The Morgan fingerprint density at radius 2 is 0.824 bits per heavy atom. The molecule has 0 N–H and O–H groups in total. The Kier molecular flexibility index (Phi) is 7.84. The molecule has 0 saturated carbocycles. The molecule has 0 aliphatic carbocycles. The Morgan fingerprint density at radius 1 is 0.588 bits per heavy atom. The molecule has 17 heavy (non-hydrogen) atoms. The third kappa shape index (κ3) is 7.14. The Bertz CT molecular complexity index is 344. The van der Waals surface area contributed by atoms with Crippen molar-refractivity contribution in [3.8, 4) is 11.5 Å². The van der Waals surface area contributed by atoms with Crippen molar-refractivity contribution >= 4 is 23.2 Å². The zero-order valence-electron chi connectivity index (χ0n) is 8.49. The fraction of sp³-hybridized carbons (Fsp3) is 0. The van der Waals surface area contributed by atoms with Crippen molar-refractivity contribution in [2.75, 3.05) is 0 Å². The van der Waals surface area contributed by atoms with Crippen molar-refractivity contribution in [2.24, 2.45) is 0 Å². The Balaban J connectivity index is 0.000000284. The summed E-state index contributed by atoms with van der Waals surface area (Å²) in [6.45, 7) is 0. The van der Waals surface area contributed by atoms with Gasteiger partial charge in [-0.05, 0) is 24.3 Å². The van der Waals surface area contributed by atoms with Crippen molar-refractivity contribution in [2.45, 2.75) is 0 Å². The van der Waals surface area contributed by atoms with Crippen molar-refractivity contribution in [1.82, 2.24) is 0 Å². The molecule has 0 saturated heterocycles. The summed E-state index contributed by atoms with van der Waals surface area (Å²) in [7, 11) is 0. The molecule has 0 bridgehead atoms. The summed E-state index contributed by atoms with van der Waals surface area (Å²) < 4.78 is 0. The molecule has 0 heterocycles. The first kappa shape index (κ1) is 16.1. The molecule has 0 amide bonds. The van der Waals surface area contributed by atoms with Gasteiger partial charge in [-0.3, -0.25) is 0 Å². The van der Waals surface area contributed by atoms with Crippen LogP contribution in [0.3, 0.4) is 0 Å². The van der Waals surface area contributed by atoms with Crippen LogP contribution in [0, 0.1) is 0 Å². The van der Waals surface area contributed by atoms with Gasteiger partial charge in [-0.2, -0.15) is 0 Å². The molecule has 93 valence electrons. The average molecular weight is 319 g/mol. The van der Waals surface area contributed by atoms with Crippen LogP contribution >= 0.6 is 23.2 Å². The summed E-state index contributed by atoms with van der Waals surface area (Å²) in [5.41, 5.74) is 0. The maximum absolute atomic E-state index is 10.4. The van der Waals surface area contributed by atoms with Crippen molar-refractivity contribution in [1.29, 1.82) is 0 Å². The van der Waals surface area contributed by atoms with Crippen molar-refractivity contribution in [3.05, 3.63) is 58.6 Å². The molecular weight excluding hydrogens is 311 g/mol. The third-order valence-electron chi connectivity index (χ3n) is 1.63. The normalized spacial score (nSPS) is 8.59. The predicted octanol–water partition coefficient (Wildman–Crippen LogP) is 2.82. The van der Waals surface area contributed by atoms with Gasteiger partial charge in [-0.25, -0.2) is 0 Å². The second-order valence-corrected chi connectivity index (χ2v) is 3.78. The van der Waals surface area contributed by atoms with Gasteiger partial charge in [-0.1, -0.05) is 47.5 Å². The zero-order chi connectivity index (χ0) is 12.0. The number of rotatable bonds is 0. The summed E-state index contributed by atoms with van der Waals surface area (Å²) in [5.74, 6) is -0.0104. The minimum Gasteiger partial charge on any atom is -0.872 e. The molecule has 0 aliphatic rings. The van der Waals surface area contributed by atoms with Gasteiger partial charge < -0.3 is 10.2 Å². The summed E-state index contributed by atoms with van der Waals surface area (Å²) in [4.78, 5) is 0. The summed E-state index contributed by atoms with van der Waals surface area (Å²) >= 11 is 10.9. The molecule has 0 aliphatic heterocycles. The van der Waals surface area contributed by atoms with E-state index in [4.69, 9.17) is 23.2 Å². The van der Waals surface area contributed by atoms with E-state index in [-0.39, 0.29) is 28.6 Å². The zero-order valence-corrected chi connectivity index (χ0v) is 10.9. The van der Waals surface area contributed by atoms with Crippen LogP contribution in [0.2, 0.25) is 10.0 Å². The fourth-order valence-corrected chi connectivity index (χ4v) is 1.12. The van der Waals surface area contributed by atoms with Crippen LogP contribution in [0.1, 0.15) is 0 Å². The molecule has 1 radical (unpaired) electrons. The van der Waals surface area contributed by atoms with E-state index in [0.717, 1.165) is 0 Å². The van der Waals surface area contributed by atoms with E-state index < -0.39 is 0 Å². The second kappa shape index (κ2) is 8.26. The SMILES string of the molecule is [Cu+2].[O-]c1ccc(Cl)cc1.[O-]c1ccc(Cl)cc1. The van der Waals surface area contributed by atoms with Gasteiger partial charge in [-0.15, -0.1) is 11.5 Å². The van der Waals surface area contributed by atoms with Crippen LogP contribution in [-0.4, -0.2) is 0 Å². The van der Waals surface area contributed by atoms with E-state index in [1.807, 2.05) is 0 Å². The van der Waals surface area contributed by atoms with Crippen LogP contribution in [0.25, 0.3) is 0 Å². The molecule has 0 atom stereocenters. The van der Waals surface area contributed by atoms with Crippen LogP contribution < -0.4 is 10.2 Å². The quantitative estimate of drug-likeness (QED) is 0.701. The smallest absolute Gasteiger partial charge is 0.872 e. The van der Waals surface area contributed by atoms with E-state index >= 15 is 0 Å². The second-order valence-electron chi connectivity index (χ2n) is 2.91. The standard InChI is InChI=1S/2C6H5ClO.Cu/c2*7-5-1-3-6(8)4-2-5;/h2*1-4,8H;/q;;+2/p-2. The van der Waals surface area contributed by atoms with E-state index in [1.54, 1.807) is 24.3 Å². The third-order valence-corrected chi connectivity index (χ3v) is 2.13. The molecule has 2 aromatic rings. The number of hydrogen-bond acceptors (Lipinski definition) is 2. The topological polar surface area (TPSA) is 46.1 Å². The maximum Gasteiger partial charge on any atom is 2.00 e. The molecule has 0 aromatic heterocycles. The molecule has 0 spiro atoms. The first-order valence-corrected chi connectivity index (χ1v) is 5.18. The van der Waals surface area contributed by atoms with Gasteiger partial charge in [0, 0.05) is 10.0 Å². The van der Waals surface area contributed by atoms with E-state index in [2.05, 4.69) is 0 Å². The first-order valence-electron chi connectivity index (χ1n) is 4.43. The van der Waals surface area contributed by atoms with Gasteiger partial charge in [0.05, 0.1) is 0 Å². The van der Waals surface area contributed by atoms with Crippen LogP contribution in [-0.2, 0) is 17.1 Å². The minimum atomic E-state index is -0.00519. The summed E-state index contributed by atoms with van der Waals surface area (Å²) in [6, 6.07) is 12.0. The molecular formula is C12H8Cl2CuO2. The van der Waals surface area contributed by atoms with Gasteiger partial charge in [0.1, 0.15) is 0 Å². The predicted molar refractivity (Wildman–Crippen MR) is 61.8 cm³/mol. The molecule has 2 aromatic carbocycles. The molecule has 0 unspecified atom stereocenters. The summed E-state index contributed by atoms with van der Waals surface area (Å²) in [6.07, 6.45) is 0. The molecule has 2 rings (SSSR count). The van der Waals surface area contributed by atoms with E-state index in [0.29, 0.717) is 10.0 Å². The van der Waals surface area contributed by atoms with Crippen LogP contribution in [0.15, 0.2) is 48.5 Å². The summed E-state index contributed by atoms with van der Waals surface area (Å²) in [5, 5.41) is 21.9. The van der Waals surface area contributed by atoms with Crippen LogP contribution in [0.5, 0.6) is 11.5 Å². The largest absolute Gasteiger partial charge is 2.00 e. The maximum atomic E-state index is 10.4. The first-order chi connectivity index (χ1) is 7.58. The molecule has 0 fully saturated rings. The van der Waals surface area contributed by atoms with Gasteiger partial charge in [0.15, 0.2) is 0 Å². The average Bonchev–Trinajstić information content (AvgIpc) is 2.28. The molecule has 2 nitrogen and oxygen atoms in total. The van der Waals surface area contributed by atoms with Crippen molar-refractivity contribution in [3.63, 3.8) is 0 Å². The van der Waals surface area contributed by atoms with E-state index in [1.165, 1.54) is 24.3 Å². The van der Waals surface area contributed by atoms with Gasteiger partial charge in [0.2, 0.25) is 0 Å². The van der Waals surface area contributed by atoms with Gasteiger partial charge >= 0.3 is 17.1 Å². The number of hydrogen-bond donors (Lipinski definition) is 0.